The Hall–Kier alpha value is 0.250. The van der Waals surface area contributed by atoms with Gasteiger partial charge in [0.05, 0.1) is 6.10 Å². The van der Waals surface area contributed by atoms with Gasteiger partial charge in [0, 0.05) is 12.0 Å². The van der Waals surface area contributed by atoms with E-state index >= 15 is 0 Å². The minimum atomic E-state index is 0.246. The van der Waals surface area contributed by atoms with Crippen molar-refractivity contribution in [2.24, 2.45) is 5.41 Å². The van der Waals surface area contributed by atoms with E-state index in [1.54, 1.807) is 0 Å². The van der Waals surface area contributed by atoms with Crippen molar-refractivity contribution in [1.82, 2.24) is 0 Å². The highest BCUT2D eigenvalue weighted by atomic mass is 35.5. The summed E-state index contributed by atoms with van der Waals surface area (Å²) in [4.78, 5) is 0. The average molecular weight is 247 g/mol. The van der Waals surface area contributed by atoms with Gasteiger partial charge in [-0.1, -0.05) is 40.0 Å². The number of ether oxygens (including phenoxy) is 1. The van der Waals surface area contributed by atoms with Crippen molar-refractivity contribution in [3.8, 4) is 0 Å². The Bertz CT molecular complexity index is 180. The molecular weight excluding hydrogens is 220 g/mol. The minimum Gasteiger partial charge on any atom is -0.378 e. The lowest BCUT2D eigenvalue weighted by molar-refractivity contribution is 0.102. The molecule has 1 aliphatic heterocycles. The molecule has 2 heteroatoms. The predicted molar refractivity (Wildman–Crippen MR) is 71.2 cm³/mol. The standard InChI is InChI=1S/C14H27ClO/c1-14(2,3)13(15)10-6-4-5-8-12-9-7-11-16-12/h12-13H,4-11H2,1-3H3. The molecular formula is C14H27ClO. The first-order chi connectivity index (χ1) is 7.50. The van der Waals surface area contributed by atoms with Gasteiger partial charge in [-0.2, -0.15) is 0 Å². The van der Waals surface area contributed by atoms with Crippen LogP contribution >= 0.6 is 11.6 Å². The van der Waals surface area contributed by atoms with Gasteiger partial charge in [-0.15, -0.1) is 11.6 Å². The highest BCUT2D eigenvalue weighted by Gasteiger charge is 2.21. The van der Waals surface area contributed by atoms with Crippen molar-refractivity contribution in [1.29, 1.82) is 0 Å². The molecule has 0 bridgehead atoms. The molecule has 16 heavy (non-hydrogen) atoms. The van der Waals surface area contributed by atoms with Gasteiger partial charge >= 0.3 is 0 Å². The fraction of sp³-hybridized carbons (Fsp3) is 1.00. The summed E-state index contributed by atoms with van der Waals surface area (Å²) in [7, 11) is 0. The molecule has 0 amide bonds. The zero-order chi connectivity index (χ0) is 12.0. The summed E-state index contributed by atoms with van der Waals surface area (Å²) in [6, 6.07) is 0. The third kappa shape index (κ3) is 5.54. The Morgan fingerprint density at radius 1 is 1.25 bits per heavy atom. The van der Waals surface area contributed by atoms with Crippen molar-refractivity contribution in [3.63, 3.8) is 0 Å². The van der Waals surface area contributed by atoms with Crippen LogP contribution in [-0.4, -0.2) is 18.1 Å². The molecule has 0 saturated carbocycles. The normalized spacial score (nSPS) is 23.6. The zero-order valence-electron chi connectivity index (χ0n) is 11.1. The van der Waals surface area contributed by atoms with Crippen LogP contribution in [0.25, 0.3) is 0 Å². The van der Waals surface area contributed by atoms with E-state index < -0.39 is 0 Å². The van der Waals surface area contributed by atoms with Crippen LogP contribution < -0.4 is 0 Å². The number of rotatable bonds is 6. The molecule has 1 aliphatic rings. The summed E-state index contributed by atoms with van der Waals surface area (Å²) >= 11 is 6.34. The Kier molecular flexibility index (Phi) is 6.13. The van der Waals surface area contributed by atoms with Crippen molar-refractivity contribution in [3.05, 3.63) is 0 Å². The lowest BCUT2D eigenvalue weighted by Crippen LogP contribution is -2.20. The van der Waals surface area contributed by atoms with Gasteiger partial charge in [0.15, 0.2) is 0 Å². The maximum atomic E-state index is 6.34. The van der Waals surface area contributed by atoms with E-state index in [4.69, 9.17) is 16.3 Å². The molecule has 2 unspecified atom stereocenters. The van der Waals surface area contributed by atoms with Gasteiger partial charge < -0.3 is 4.74 Å². The molecule has 0 radical (unpaired) electrons. The lowest BCUT2D eigenvalue weighted by atomic mass is 9.88. The van der Waals surface area contributed by atoms with E-state index in [1.165, 1.54) is 38.5 Å². The summed E-state index contributed by atoms with van der Waals surface area (Å²) in [5.74, 6) is 0. The van der Waals surface area contributed by atoms with E-state index in [2.05, 4.69) is 20.8 Å². The molecule has 0 aromatic carbocycles. The van der Waals surface area contributed by atoms with Crippen molar-refractivity contribution < 1.29 is 4.74 Å². The summed E-state index contributed by atoms with van der Waals surface area (Å²) in [6.45, 7) is 7.64. The van der Waals surface area contributed by atoms with Crippen LogP contribution in [0.4, 0.5) is 0 Å². The summed E-state index contributed by atoms with van der Waals surface area (Å²) < 4.78 is 5.61. The molecule has 1 nitrogen and oxygen atoms in total. The van der Waals surface area contributed by atoms with Gasteiger partial charge in [-0.25, -0.2) is 0 Å². The molecule has 1 saturated heterocycles. The quantitative estimate of drug-likeness (QED) is 0.485. The second kappa shape index (κ2) is 6.86. The topological polar surface area (TPSA) is 9.23 Å². The maximum absolute atomic E-state index is 6.34. The molecule has 0 aromatic rings. The first-order valence-corrected chi connectivity index (χ1v) is 7.19. The van der Waals surface area contributed by atoms with Crippen LogP contribution in [0, 0.1) is 5.41 Å². The minimum absolute atomic E-state index is 0.246. The summed E-state index contributed by atoms with van der Waals surface area (Å²) in [5, 5.41) is 0.315. The van der Waals surface area contributed by atoms with Gasteiger partial charge in [0.1, 0.15) is 0 Å². The molecule has 1 heterocycles. The second-order valence-corrected chi connectivity index (χ2v) is 6.63. The highest BCUT2D eigenvalue weighted by Crippen LogP contribution is 2.29. The highest BCUT2D eigenvalue weighted by molar-refractivity contribution is 6.21. The number of halogens is 1. The maximum Gasteiger partial charge on any atom is 0.0576 e. The average Bonchev–Trinajstić information content (AvgIpc) is 2.68. The lowest BCUT2D eigenvalue weighted by Gasteiger charge is -2.25. The van der Waals surface area contributed by atoms with Crippen LogP contribution in [0.15, 0.2) is 0 Å². The molecule has 1 rings (SSSR count). The Balaban J connectivity index is 1.95. The predicted octanol–water partition coefficient (Wildman–Crippen LogP) is 4.77. The molecule has 0 N–H and O–H groups in total. The largest absolute Gasteiger partial charge is 0.378 e. The van der Waals surface area contributed by atoms with Crippen LogP contribution in [-0.2, 0) is 4.74 Å². The van der Waals surface area contributed by atoms with Crippen LogP contribution in [0.2, 0.25) is 0 Å². The molecule has 0 spiro atoms. The summed E-state index contributed by atoms with van der Waals surface area (Å²) in [5.41, 5.74) is 0.246. The number of hydrogen-bond acceptors (Lipinski definition) is 1. The van der Waals surface area contributed by atoms with E-state index in [1.807, 2.05) is 0 Å². The number of unbranched alkanes of at least 4 members (excludes halogenated alkanes) is 2. The Morgan fingerprint density at radius 2 is 2.00 bits per heavy atom. The van der Waals surface area contributed by atoms with Crippen LogP contribution in [0.1, 0.15) is 65.7 Å². The smallest absolute Gasteiger partial charge is 0.0576 e. The van der Waals surface area contributed by atoms with Gasteiger partial charge in [-0.05, 0) is 31.1 Å². The number of hydrogen-bond donors (Lipinski definition) is 0. The third-order valence-electron chi connectivity index (χ3n) is 3.45. The fourth-order valence-corrected chi connectivity index (χ4v) is 2.33. The van der Waals surface area contributed by atoms with E-state index in [-0.39, 0.29) is 5.41 Å². The fourth-order valence-electron chi connectivity index (χ4n) is 2.18. The van der Waals surface area contributed by atoms with E-state index in [0.717, 1.165) is 13.0 Å². The SMILES string of the molecule is CC(C)(C)C(Cl)CCCCCC1CCCO1. The zero-order valence-corrected chi connectivity index (χ0v) is 11.9. The van der Waals surface area contributed by atoms with Crippen molar-refractivity contribution >= 4 is 11.6 Å². The third-order valence-corrected chi connectivity index (χ3v) is 4.32. The van der Waals surface area contributed by atoms with E-state index in [0.29, 0.717) is 11.5 Å². The molecule has 96 valence electrons. The molecule has 0 aliphatic carbocycles. The van der Waals surface area contributed by atoms with Crippen LogP contribution in [0.3, 0.4) is 0 Å². The van der Waals surface area contributed by atoms with Crippen molar-refractivity contribution in [2.45, 2.75) is 77.2 Å². The Labute approximate surface area is 106 Å². The monoisotopic (exact) mass is 246 g/mol. The first-order valence-electron chi connectivity index (χ1n) is 6.76. The summed E-state index contributed by atoms with van der Waals surface area (Å²) in [6.07, 6.45) is 9.38. The van der Waals surface area contributed by atoms with Gasteiger partial charge in [-0.3, -0.25) is 0 Å². The van der Waals surface area contributed by atoms with Gasteiger partial charge in [0.2, 0.25) is 0 Å². The number of alkyl halides is 1. The Morgan fingerprint density at radius 3 is 2.56 bits per heavy atom. The molecule has 0 aromatic heterocycles. The molecule has 2 atom stereocenters. The molecule has 1 fully saturated rings. The second-order valence-electron chi connectivity index (χ2n) is 6.11. The van der Waals surface area contributed by atoms with Crippen molar-refractivity contribution in [2.75, 3.05) is 6.61 Å². The first kappa shape index (κ1) is 14.3. The van der Waals surface area contributed by atoms with Crippen LogP contribution in [0.5, 0.6) is 0 Å². The van der Waals surface area contributed by atoms with Gasteiger partial charge in [0.25, 0.3) is 0 Å². The van der Waals surface area contributed by atoms with E-state index in [9.17, 15) is 0 Å².